The van der Waals surface area contributed by atoms with Crippen LogP contribution >= 0.6 is 0 Å². The van der Waals surface area contributed by atoms with E-state index in [1.807, 2.05) is 0 Å². The molecule has 0 aromatic rings. The van der Waals surface area contributed by atoms with Crippen molar-refractivity contribution in [2.24, 2.45) is 23.7 Å². The molecule has 0 N–H and O–H groups in total. The number of Topliss-reactive ketones (excluding diaryl/α,β-unsaturated/α-hetero) is 1. The monoisotopic (exact) mass is 322 g/mol. The van der Waals surface area contributed by atoms with Crippen LogP contribution in [0.5, 0.6) is 0 Å². The number of carbonyl (C=O) groups is 2. The molecule has 0 saturated heterocycles. The highest BCUT2D eigenvalue weighted by atomic mass is 16.5. The summed E-state index contributed by atoms with van der Waals surface area (Å²) in [5.41, 5.74) is 0. The molecular formula is C20H34O3. The summed E-state index contributed by atoms with van der Waals surface area (Å²) in [5.74, 6) is 1.54. The first kappa shape index (κ1) is 18.5. The van der Waals surface area contributed by atoms with E-state index in [1.165, 1.54) is 38.5 Å². The molecule has 0 amide bonds. The Morgan fingerprint density at radius 1 is 1.00 bits per heavy atom. The second-order valence-electron chi connectivity index (χ2n) is 7.65. The van der Waals surface area contributed by atoms with Crippen molar-refractivity contribution < 1.29 is 14.3 Å². The Labute approximate surface area is 141 Å². The van der Waals surface area contributed by atoms with E-state index in [1.54, 1.807) is 0 Å². The number of hydrogen-bond acceptors (Lipinski definition) is 3. The first-order valence-corrected chi connectivity index (χ1v) is 9.85. The lowest BCUT2D eigenvalue weighted by molar-refractivity contribution is -0.154. The average molecular weight is 322 g/mol. The summed E-state index contributed by atoms with van der Waals surface area (Å²) in [6.45, 7) is 4.80. The van der Waals surface area contributed by atoms with Gasteiger partial charge in [-0.15, -0.1) is 0 Å². The summed E-state index contributed by atoms with van der Waals surface area (Å²) in [7, 11) is 0. The third-order valence-corrected chi connectivity index (χ3v) is 5.96. The van der Waals surface area contributed by atoms with Crippen LogP contribution in [0.3, 0.4) is 0 Å². The quantitative estimate of drug-likeness (QED) is 0.379. The highest BCUT2D eigenvalue weighted by Crippen LogP contribution is 2.41. The summed E-state index contributed by atoms with van der Waals surface area (Å²) in [6.07, 6.45) is 12.1. The zero-order valence-electron chi connectivity index (χ0n) is 15.0. The highest BCUT2D eigenvalue weighted by Gasteiger charge is 2.38. The van der Waals surface area contributed by atoms with Gasteiger partial charge >= 0.3 is 5.97 Å². The molecule has 2 aliphatic rings. The molecule has 2 aliphatic carbocycles. The Bertz CT molecular complexity index is 382. The minimum atomic E-state index is -0.473. The molecule has 2 atom stereocenters. The van der Waals surface area contributed by atoms with Crippen molar-refractivity contribution in [2.45, 2.75) is 84.5 Å². The van der Waals surface area contributed by atoms with Gasteiger partial charge in [0.25, 0.3) is 0 Å². The minimum Gasteiger partial charge on any atom is -0.465 e. The van der Waals surface area contributed by atoms with Crippen molar-refractivity contribution in [2.75, 3.05) is 6.61 Å². The largest absolute Gasteiger partial charge is 0.465 e. The van der Waals surface area contributed by atoms with E-state index in [-0.39, 0.29) is 11.8 Å². The van der Waals surface area contributed by atoms with Crippen molar-refractivity contribution in [3.05, 3.63) is 0 Å². The van der Waals surface area contributed by atoms with E-state index >= 15 is 0 Å². The van der Waals surface area contributed by atoms with E-state index in [0.29, 0.717) is 31.3 Å². The number of unbranched alkanes of at least 4 members (excludes halogenated alkanes) is 1. The van der Waals surface area contributed by atoms with E-state index in [4.69, 9.17) is 4.74 Å². The Kier molecular flexibility index (Phi) is 7.58. The summed E-state index contributed by atoms with van der Waals surface area (Å²) >= 11 is 0. The number of rotatable bonds is 7. The standard InChI is InChI=1S/C20H34O3/c1-3-5-13-23-20(22)18-12-11-17(14-19(18)21)16-9-7-15(6-4-2)8-10-16/h15-18H,3-14H2,1-2H3/t15-,16-,17?,18?. The van der Waals surface area contributed by atoms with Crippen LogP contribution in [0.4, 0.5) is 0 Å². The third-order valence-electron chi connectivity index (χ3n) is 5.96. The molecule has 2 unspecified atom stereocenters. The maximum Gasteiger partial charge on any atom is 0.316 e. The van der Waals surface area contributed by atoms with Crippen molar-refractivity contribution in [3.63, 3.8) is 0 Å². The Morgan fingerprint density at radius 2 is 1.70 bits per heavy atom. The first-order valence-electron chi connectivity index (χ1n) is 9.85. The zero-order valence-corrected chi connectivity index (χ0v) is 15.0. The van der Waals surface area contributed by atoms with E-state index in [0.717, 1.165) is 25.2 Å². The lowest BCUT2D eigenvalue weighted by Gasteiger charge is -2.36. The average Bonchev–Trinajstić information content (AvgIpc) is 2.56. The van der Waals surface area contributed by atoms with E-state index in [2.05, 4.69) is 13.8 Å². The normalized spacial score (nSPS) is 31.8. The van der Waals surface area contributed by atoms with Crippen LogP contribution in [0, 0.1) is 23.7 Å². The molecule has 2 fully saturated rings. The number of hydrogen-bond donors (Lipinski definition) is 0. The lowest BCUT2D eigenvalue weighted by Crippen LogP contribution is -2.35. The maximum absolute atomic E-state index is 12.4. The van der Waals surface area contributed by atoms with Gasteiger partial charge in [0.1, 0.15) is 11.7 Å². The fourth-order valence-corrected chi connectivity index (χ4v) is 4.47. The maximum atomic E-state index is 12.4. The summed E-state index contributed by atoms with van der Waals surface area (Å²) in [6, 6.07) is 0. The fourth-order valence-electron chi connectivity index (χ4n) is 4.47. The van der Waals surface area contributed by atoms with Gasteiger partial charge in [0, 0.05) is 6.42 Å². The first-order chi connectivity index (χ1) is 11.2. The van der Waals surface area contributed by atoms with Gasteiger partial charge < -0.3 is 4.74 Å². The SMILES string of the molecule is CCCCOC(=O)C1CCC([C@H]2CC[C@H](CCC)CC2)CC1=O. The summed E-state index contributed by atoms with van der Waals surface area (Å²) < 4.78 is 5.25. The smallest absolute Gasteiger partial charge is 0.316 e. The highest BCUT2D eigenvalue weighted by molar-refractivity contribution is 5.99. The van der Waals surface area contributed by atoms with Crippen LogP contribution in [0.2, 0.25) is 0 Å². The van der Waals surface area contributed by atoms with Gasteiger partial charge in [0.05, 0.1) is 6.61 Å². The molecule has 0 spiro atoms. The van der Waals surface area contributed by atoms with Crippen LogP contribution in [-0.4, -0.2) is 18.4 Å². The predicted octanol–water partition coefficient (Wildman–Crippen LogP) is 4.92. The molecule has 3 heteroatoms. The van der Waals surface area contributed by atoms with Gasteiger partial charge in [-0.2, -0.15) is 0 Å². The number of carbonyl (C=O) groups excluding carboxylic acids is 2. The molecule has 0 aliphatic heterocycles. The third kappa shape index (κ3) is 5.32. The molecule has 0 bridgehead atoms. The molecule has 2 saturated carbocycles. The fraction of sp³-hybridized carbons (Fsp3) is 0.900. The molecule has 132 valence electrons. The van der Waals surface area contributed by atoms with Gasteiger partial charge in [-0.25, -0.2) is 0 Å². The molecule has 0 heterocycles. The second-order valence-corrected chi connectivity index (χ2v) is 7.65. The van der Waals surface area contributed by atoms with E-state index in [9.17, 15) is 9.59 Å². The van der Waals surface area contributed by atoms with Gasteiger partial charge in [0.2, 0.25) is 0 Å². The van der Waals surface area contributed by atoms with Crippen molar-refractivity contribution in [1.82, 2.24) is 0 Å². The van der Waals surface area contributed by atoms with Crippen LogP contribution in [0.1, 0.15) is 84.5 Å². The minimum absolute atomic E-state index is 0.137. The van der Waals surface area contributed by atoms with Gasteiger partial charge in [0.15, 0.2) is 0 Å². The Morgan fingerprint density at radius 3 is 2.30 bits per heavy atom. The zero-order chi connectivity index (χ0) is 16.7. The van der Waals surface area contributed by atoms with Gasteiger partial charge in [-0.05, 0) is 49.9 Å². The van der Waals surface area contributed by atoms with Gasteiger partial charge in [-0.1, -0.05) is 46.0 Å². The molecule has 0 radical (unpaired) electrons. The van der Waals surface area contributed by atoms with Crippen molar-refractivity contribution in [3.8, 4) is 0 Å². The predicted molar refractivity (Wildman–Crippen MR) is 92.1 cm³/mol. The molecule has 2 rings (SSSR count). The van der Waals surface area contributed by atoms with E-state index < -0.39 is 5.92 Å². The number of ketones is 1. The number of ether oxygens (including phenoxy) is 1. The van der Waals surface area contributed by atoms with Crippen LogP contribution in [0.15, 0.2) is 0 Å². The van der Waals surface area contributed by atoms with Gasteiger partial charge in [-0.3, -0.25) is 9.59 Å². The Balaban J connectivity index is 1.75. The second kappa shape index (κ2) is 9.44. The molecular weight excluding hydrogens is 288 g/mol. The van der Waals surface area contributed by atoms with Crippen LogP contribution in [-0.2, 0) is 14.3 Å². The van der Waals surface area contributed by atoms with Crippen LogP contribution in [0.25, 0.3) is 0 Å². The molecule has 0 aromatic carbocycles. The summed E-state index contributed by atoms with van der Waals surface area (Å²) in [4.78, 5) is 24.4. The number of esters is 1. The molecule has 3 nitrogen and oxygen atoms in total. The Hall–Kier alpha value is -0.860. The lowest BCUT2D eigenvalue weighted by atomic mass is 9.68. The molecule has 0 aromatic heterocycles. The van der Waals surface area contributed by atoms with Crippen molar-refractivity contribution >= 4 is 11.8 Å². The topological polar surface area (TPSA) is 43.4 Å². The van der Waals surface area contributed by atoms with Crippen molar-refractivity contribution in [1.29, 1.82) is 0 Å². The van der Waals surface area contributed by atoms with Crippen LogP contribution < -0.4 is 0 Å². The molecule has 23 heavy (non-hydrogen) atoms. The summed E-state index contributed by atoms with van der Waals surface area (Å²) in [5, 5.41) is 0.